The number of hydrogen-bond donors (Lipinski definition) is 1. The van der Waals surface area contributed by atoms with Gasteiger partial charge in [0.15, 0.2) is 0 Å². The van der Waals surface area contributed by atoms with Crippen LogP contribution in [0.3, 0.4) is 0 Å². The Morgan fingerprint density at radius 2 is 1.78 bits per heavy atom. The van der Waals surface area contributed by atoms with E-state index < -0.39 is 6.10 Å². The maximum atomic E-state index is 12.8. The van der Waals surface area contributed by atoms with Crippen molar-refractivity contribution in [1.82, 2.24) is 9.13 Å². The molecule has 1 atom stereocenters. The Morgan fingerprint density at radius 3 is 2.48 bits per heavy atom. The molecule has 0 aliphatic rings. The number of aryl methyl sites for hydroxylation is 1. The van der Waals surface area contributed by atoms with Crippen LogP contribution >= 0.6 is 0 Å². The van der Waals surface area contributed by atoms with Gasteiger partial charge < -0.3 is 9.84 Å². The molecule has 0 fully saturated rings. The van der Waals surface area contributed by atoms with Crippen molar-refractivity contribution in [2.24, 2.45) is 7.05 Å². The minimum atomic E-state index is -0.858. The molecule has 1 heterocycles. The largest absolute Gasteiger partial charge is 0.491 e. The summed E-state index contributed by atoms with van der Waals surface area (Å²) >= 11 is 0. The first-order chi connectivity index (χ1) is 11.1. The van der Waals surface area contributed by atoms with E-state index in [4.69, 9.17) is 4.74 Å². The Kier molecular flexibility index (Phi) is 4.16. The summed E-state index contributed by atoms with van der Waals surface area (Å²) in [4.78, 5) is 12.3. The molecule has 1 unspecified atom stereocenters. The highest BCUT2D eigenvalue weighted by Crippen LogP contribution is 2.14. The molecule has 23 heavy (non-hydrogen) atoms. The minimum absolute atomic E-state index is 0.0152. The van der Waals surface area contributed by atoms with E-state index in [1.807, 2.05) is 24.3 Å². The van der Waals surface area contributed by atoms with Gasteiger partial charge in [-0.3, -0.25) is 9.13 Å². The summed E-state index contributed by atoms with van der Waals surface area (Å²) in [5.41, 5.74) is 1.39. The fraction of sp³-hybridized carbons (Fsp3) is 0.235. The van der Waals surface area contributed by atoms with Crippen LogP contribution in [-0.4, -0.2) is 27.0 Å². The summed E-state index contributed by atoms with van der Waals surface area (Å²) in [6.07, 6.45) is -0.858. The molecule has 3 rings (SSSR count). The van der Waals surface area contributed by atoms with Gasteiger partial charge in [-0.05, 0) is 36.4 Å². The molecule has 6 heteroatoms. The van der Waals surface area contributed by atoms with Crippen LogP contribution in [0.5, 0.6) is 5.75 Å². The lowest BCUT2D eigenvalue weighted by Gasteiger charge is -2.13. The predicted molar refractivity (Wildman–Crippen MR) is 85.1 cm³/mol. The molecule has 2 aromatic carbocycles. The quantitative estimate of drug-likeness (QED) is 0.782. The van der Waals surface area contributed by atoms with E-state index in [9.17, 15) is 14.3 Å². The van der Waals surface area contributed by atoms with E-state index in [0.717, 1.165) is 11.0 Å². The topological polar surface area (TPSA) is 56.4 Å². The number of aromatic nitrogens is 2. The highest BCUT2D eigenvalue weighted by atomic mass is 19.1. The summed E-state index contributed by atoms with van der Waals surface area (Å²) in [5, 5.41) is 10.1. The molecule has 0 aliphatic heterocycles. The van der Waals surface area contributed by atoms with Crippen molar-refractivity contribution in [2.75, 3.05) is 6.61 Å². The summed E-state index contributed by atoms with van der Waals surface area (Å²) in [7, 11) is 1.70. The second kappa shape index (κ2) is 6.26. The normalized spacial score (nSPS) is 12.5. The summed E-state index contributed by atoms with van der Waals surface area (Å²) in [5.74, 6) is 0.121. The number of fused-ring (bicyclic) bond motifs is 1. The lowest BCUT2D eigenvalue weighted by atomic mass is 10.3. The van der Waals surface area contributed by atoms with E-state index in [1.165, 1.54) is 28.8 Å². The number of halogens is 1. The van der Waals surface area contributed by atoms with Gasteiger partial charge in [0.2, 0.25) is 0 Å². The van der Waals surface area contributed by atoms with E-state index in [0.29, 0.717) is 5.75 Å². The standard InChI is InChI=1S/C17H17FN2O3/c1-19-15-4-2-3-5-16(15)20(17(19)22)10-13(21)11-23-14-8-6-12(18)7-9-14/h2-9,13,21H,10-11H2,1H3. The van der Waals surface area contributed by atoms with Gasteiger partial charge in [0, 0.05) is 7.05 Å². The molecular formula is C17H17FN2O3. The number of nitrogens with zero attached hydrogens (tertiary/aromatic N) is 2. The molecule has 0 aliphatic carbocycles. The average molecular weight is 316 g/mol. The Morgan fingerprint density at radius 1 is 1.13 bits per heavy atom. The summed E-state index contributed by atoms with van der Waals surface area (Å²) < 4.78 is 21.3. The van der Waals surface area contributed by atoms with Crippen LogP contribution in [0.15, 0.2) is 53.3 Å². The molecule has 0 saturated heterocycles. The zero-order valence-electron chi connectivity index (χ0n) is 12.6. The fourth-order valence-corrected chi connectivity index (χ4v) is 2.53. The predicted octanol–water partition coefficient (Wildman–Crippen LogP) is 1.92. The van der Waals surface area contributed by atoms with E-state index >= 15 is 0 Å². The maximum Gasteiger partial charge on any atom is 0.328 e. The fourth-order valence-electron chi connectivity index (χ4n) is 2.53. The minimum Gasteiger partial charge on any atom is -0.491 e. The van der Waals surface area contributed by atoms with Crippen LogP contribution < -0.4 is 10.4 Å². The Hall–Kier alpha value is -2.60. The van der Waals surface area contributed by atoms with Crippen molar-refractivity contribution >= 4 is 11.0 Å². The molecule has 1 aromatic heterocycles. The third kappa shape index (κ3) is 3.12. The Labute approximate surface area is 132 Å². The lowest BCUT2D eigenvalue weighted by Crippen LogP contribution is -2.30. The van der Waals surface area contributed by atoms with Gasteiger partial charge in [-0.15, -0.1) is 0 Å². The highest BCUT2D eigenvalue weighted by molar-refractivity contribution is 5.75. The molecule has 0 amide bonds. The number of hydrogen-bond acceptors (Lipinski definition) is 3. The van der Waals surface area contributed by atoms with Crippen LogP contribution in [0.25, 0.3) is 11.0 Å². The highest BCUT2D eigenvalue weighted by Gasteiger charge is 2.14. The molecule has 1 N–H and O–H groups in total. The molecule has 0 saturated carbocycles. The second-order valence-electron chi connectivity index (χ2n) is 5.36. The third-order valence-electron chi connectivity index (χ3n) is 3.70. The number of benzene rings is 2. The number of rotatable bonds is 5. The van der Waals surface area contributed by atoms with E-state index in [2.05, 4.69) is 0 Å². The monoisotopic (exact) mass is 316 g/mol. The summed E-state index contributed by atoms with van der Waals surface area (Å²) in [6, 6.07) is 13.0. The van der Waals surface area contributed by atoms with Gasteiger partial charge in [0.05, 0.1) is 17.6 Å². The average Bonchev–Trinajstić information content (AvgIpc) is 2.80. The van der Waals surface area contributed by atoms with Gasteiger partial charge in [-0.1, -0.05) is 12.1 Å². The van der Waals surface area contributed by atoms with Crippen molar-refractivity contribution in [1.29, 1.82) is 0 Å². The number of aliphatic hydroxyl groups is 1. The lowest BCUT2D eigenvalue weighted by molar-refractivity contribution is 0.0925. The Bertz CT molecular complexity index is 868. The van der Waals surface area contributed by atoms with Crippen molar-refractivity contribution < 1.29 is 14.2 Å². The molecule has 0 radical (unpaired) electrons. The molecule has 120 valence electrons. The SMILES string of the molecule is Cn1c(=O)n(CC(O)COc2ccc(F)cc2)c2ccccc21. The van der Waals surface area contributed by atoms with Crippen molar-refractivity contribution in [3.05, 3.63) is 64.8 Å². The van der Waals surface area contributed by atoms with Crippen molar-refractivity contribution in [2.45, 2.75) is 12.6 Å². The van der Waals surface area contributed by atoms with Crippen molar-refractivity contribution in [3.63, 3.8) is 0 Å². The molecule has 0 bridgehead atoms. The Balaban J connectivity index is 1.73. The first kappa shape index (κ1) is 15.3. The smallest absolute Gasteiger partial charge is 0.328 e. The number of ether oxygens (including phenoxy) is 1. The summed E-state index contributed by atoms with van der Waals surface area (Å²) in [6.45, 7) is 0.142. The van der Waals surface area contributed by atoms with Crippen LogP contribution in [0.1, 0.15) is 0 Å². The van der Waals surface area contributed by atoms with E-state index in [1.54, 1.807) is 11.6 Å². The van der Waals surface area contributed by atoms with Crippen LogP contribution in [-0.2, 0) is 13.6 Å². The third-order valence-corrected chi connectivity index (χ3v) is 3.70. The van der Waals surface area contributed by atoms with Crippen LogP contribution in [0, 0.1) is 5.82 Å². The van der Waals surface area contributed by atoms with Crippen LogP contribution in [0.4, 0.5) is 4.39 Å². The molecule has 5 nitrogen and oxygen atoms in total. The van der Waals surface area contributed by atoms with Gasteiger partial charge in [0.25, 0.3) is 0 Å². The number of imidazole rings is 1. The van der Waals surface area contributed by atoms with Crippen LogP contribution in [0.2, 0.25) is 0 Å². The molecule has 3 aromatic rings. The van der Waals surface area contributed by atoms with Gasteiger partial charge in [-0.2, -0.15) is 0 Å². The van der Waals surface area contributed by atoms with E-state index in [-0.39, 0.29) is 24.7 Å². The van der Waals surface area contributed by atoms with Gasteiger partial charge in [-0.25, -0.2) is 9.18 Å². The number of aliphatic hydroxyl groups excluding tert-OH is 1. The molecule has 0 spiro atoms. The van der Waals surface area contributed by atoms with Gasteiger partial charge >= 0.3 is 5.69 Å². The first-order valence-corrected chi connectivity index (χ1v) is 7.27. The zero-order valence-corrected chi connectivity index (χ0v) is 12.6. The second-order valence-corrected chi connectivity index (χ2v) is 5.36. The van der Waals surface area contributed by atoms with Gasteiger partial charge in [0.1, 0.15) is 24.3 Å². The van der Waals surface area contributed by atoms with Crippen molar-refractivity contribution in [3.8, 4) is 5.75 Å². The molecular weight excluding hydrogens is 299 g/mol. The number of para-hydroxylation sites is 2. The first-order valence-electron chi connectivity index (χ1n) is 7.27. The maximum absolute atomic E-state index is 12.8. The zero-order chi connectivity index (χ0) is 16.4.